The molecule has 3 fully saturated rings. The molecule has 2 heterocycles. The molecular formula is C20H26F3N3O3S. The number of halogens is 3. The Morgan fingerprint density at radius 1 is 1.07 bits per heavy atom. The molecule has 4 atom stereocenters. The summed E-state index contributed by atoms with van der Waals surface area (Å²) in [6.45, 7) is -0.234. The molecule has 0 radical (unpaired) electrons. The number of carbonyl (C=O) groups excluding carboxylic acids is 1. The molecule has 30 heavy (non-hydrogen) atoms. The zero-order chi connectivity index (χ0) is 21.6. The van der Waals surface area contributed by atoms with Crippen molar-refractivity contribution in [3.05, 3.63) is 35.1 Å². The fourth-order valence-electron chi connectivity index (χ4n) is 4.87. The van der Waals surface area contributed by atoms with Crippen molar-refractivity contribution in [3.63, 3.8) is 0 Å². The van der Waals surface area contributed by atoms with Crippen LogP contribution >= 0.6 is 0 Å². The average molecular weight is 446 g/mol. The average Bonchev–Trinajstić information content (AvgIpc) is 3.50. The van der Waals surface area contributed by atoms with Crippen LogP contribution in [0.1, 0.15) is 44.1 Å². The standard InChI is InChI=1S/C20H26F3N3O3S/c21-16-9-18(23)17(22)7-11(16)8-19(24)12-5-13-1-2-14(6-12)26(13)20(27)10-25-30(28,29)15-3-4-15/h7,9,12-15,19,25H,1-6,8,10,24H2/t12-,13-,14+,19-/m0/s1. The van der Waals surface area contributed by atoms with E-state index in [9.17, 15) is 26.4 Å². The van der Waals surface area contributed by atoms with E-state index in [-0.39, 0.29) is 47.7 Å². The molecule has 166 valence electrons. The van der Waals surface area contributed by atoms with Crippen LogP contribution in [0.2, 0.25) is 0 Å². The molecule has 1 aromatic rings. The number of benzene rings is 1. The number of piperidine rings is 1. The predicted molar refractivity (Wildman–Crippen MR) is 104 cm³/mol. The molecule has 1 amide bonds. The highest BCUT2D eigenvalue weighted by molar-refractivity contribution is 7.90. The maximum Gasteiger partial charge on any atom is 0.238 e. The number of hydrogen-bond acceptors (Lipinski definition) is 4. The van der Waals surface area contributed by atoms with Crippen LogP contribution in [0.3, 0.4) is 0 Å². The van der Waals surface area contributed by atoms with Crippen LogP contribution in [0.5, 0.6) is 0 Å². The number of carbonyl (C=O) groups is 1. The highest BCUT2D eigenvalue weighted by Gasteiger charge is 2.45. The van der Waals surface area contributed by atoms with Gasteiger partial charge in [-0.25, -0.2) is 26.3 Å². The minimum absolute atomic E-state index is 0.0159. The van der Waals surface area contributed by atoms with E-state index in [0.717, 1.165) is 18.9 Å². The molecule has 2 bridgehead atoms. The lowest BCUT2D eigenvalue weighted by Crippen LogP contribution is -2.52. The summed E-state index contributed by atoms with van der Waals surface area (Å²) in [5, 5.41) is -0.373. The summed E-state index contributed by atoms with van der Waals surface area (Å²) < 4.78 is 66.9. The minimum Gasteiger partial charge on any atom is -0.336 e. The molecule has 4 rings (SSSR count). The number of rotatable bonds is 7. The van der Waals surface area contributed by atoms with Crippen LogP contribution in [-0.2, 0) is 21.2 Å². The number of nitrogens with one attached hydrogen (secondary N) is 1. The van der Waals surface area contributed by atoms with Crippen molar-refractivity contribution in [2.45, 2.75) is 68.3 Å². The molecule has 1 aromatic carbocycles. The van der Waals surface area contributed by atoms with E-state index in [1.807, 2.05) is 0 Å². The first-order valence-electron chi connectivity index (χ1n) is 10.3. The van der Waals surface area contributed by atoms with Gasteiger partial charge in [-0.05, 0) is 62.5 Å². The van der Waals surface area contributed by atoms with Crippen LogP contribution in [0.25, 0.3) is 0 Å². The first-order valence-corrected chi connectivity index (χ1v) is 11.9. The van der Waals surface area contributed by atoms with Gasteiger partial charge in [0.25, 0.3) is 0 Å². The predicted octanol–water partition coefficient (Wildman–Crippen LogP) is 1.83. The number of sulfonamides is 1. The van der Waals surface area contributed by atoms with Crippen LogP contribution in [0, 0.1) is 23.4 Å². The summed E-state index contributed by atoms with van der Waals surface area (Å²) in [5.41, 5.74) is 6.33. The van der Waals surface area contributed by atoms with Crippen molar-refractivity contribution >= 4 is 15.9 Å². The highest BCUT2D eigenvalue weighted by Crippen LogP contribution is 2.40. The van der Waals surface area contributed by atoms with Gasteiger partial charge in [0.15, 0.2) is 11.6 Å². The van der Waals surface area contributed by atoms with Crippen molar-refractivity contribution in [2.75, 3.05) is 6.54 Å². The smallest absolute Gasteiger partial charge is 0.238 e. The van der Waals surface area contributed by atoms with Gasteiger partial charge in [-0.15, -0.1) is 0 Å². The zero-order valence-corrected chi connectivity index (χ0v) is 17.3. The molecular weight excluding hydrogens is 419 g/mol. The number of amides is 1. The van der Waals surface area contributed by atoms with Gasteiger partial charge in [0.2, 0.25) is 15.9 Å². The molecule has 2 aliphatic heterocycles. The molecule has 0 aromatic heterocycles. The second-order valence-electron chi connectivity index (χ2n) is 8.71. The maximum atomic E-state index is 14.0. The van der Waals surface area contributed by atoms with Crippen LogP contribution < -0.4 is 10.5 Å². The third-order valence-electron chi connectivity index (χ3n) is 6.60. The number of nitrogens with two attached hydrogens (primary N) is 1. The summed E-state index contributed by atoms with van der Waals surface area (Å²) in [6, 6.07) is 0.868. The fourth-order valence-corrected chi connectivity index (χ4v) is 6.18. The zero-order valence-electron chi connectivity index (χ0n) is 16.5. The summed E-state index contributed by atoms with van der Waals surface area (Å²) in [6.07, 6.45) is 4.24. The molecule has 10 heteroatoms. The first-order chi connectivity index (χ1) is 14.2. The van der Waals surface area contributed by atoms with Crippen molar-refractivity contribution in [1.82, 2.24) is 9.62 Å². The summed E-state index contributed by atoms with van der Waals surface area (Å²) in [5.74, 6) is -3.37. The van der Waals surface area contributed by atoms with Gasteiger partial charge < -0.3 is 10.6 Å². The molecule has 1 saturated carbocycles. The van der Waals surface area contributed by atoms with E-state index >= 15 is 0 Å². The highest BCUT2D eigenvalue weighted by atomic mass is 32.2. The van der Waals surface area contributed by atoms with E-state index in [0.29, 0.717) is 31.7 Å². The Labute approximate surface area is 174 Å². The largest absolute Gasteiger partial charge is 0.336 e. The van der Waals surface area contributed by atoms with Gasteiger partial charge >= 0.3 is 0 Å². The Bertz CT molecular complexity index is 925. The van der Waals surface area contributed by atoms with Crippen LogP contribution in [0.4, 0.5) is 13.2 Å². The second-order valence-corrected chi connectivity index (χ2v) is 10.8. The fraction of sp³-hybridized carbons (Fsp3) is 0.650. The Balaban J connectivity index is 1.36. The van der Waals surface area contributed by atoms with Gasteiger partial charge in [-0.2, -0.15) is 0 Å². The lowest BCUT2D eigenvalue weighted by molar-refractivity contribution is -0.135. The molecule has 2 saturated heterocycles. The Kier molecular flexibility index (Phi) is 5.84. The maximum absolute atomic E-state index is 14.0. The quantitative estimate of drug-likeness (QED) is 0.627. The topological polar surface area (TPSA) is 92.5 Å². The van der Waals surface area contributed by atoms with E-state index in [1.165, 1.54) is 0 Å². The molecule has 1 aliphatic carbocycles. The Morgan fingerprint density at radius 3 is 2.27 bits per heavy atom. The number of hydrogen-bond donors (Lipinski definition) is 2. The Hall–Kier alpha value is -1.65. The molecule has 6 nitrogen and oxygen atoms in total. The van der Waals surface area contributed by atoms with Gasteiger partial charge in [0.1, 0.15) is 5.82 Å². The molecule has 0 spiro atoms. The summed E-state index contributed by atoms with van der Waals surface area (Å²) in [7, 11) is -3.42. The van der Waals surface area contributed by atoms with E-state index < -0.39 is 33.5 Å². The van der Waals surface area contributed by atoms with Crippen molar-refractivity contribution in [2.24, 2.45) is 11.7 Å². The lowest BCUT2D eigenvalue weighted by atomic mass is 9.82. The Morgan fingerprint density at radius 2 is 1.67 bits per heavy atom. The van der Waals surface area contributed by atoms with Gasteiger partial charge in [0.05, 0.1) is 11.8 Å². The SMILES string of the molecule is N[C@@H](Cc1cc(F)c(F)cc1F)[C@@H]1C[C@H]2CC[C@@H](C1)N2C(=O)CNS(=O)(=O)C1CC1. The van der Waals surface area contributed by atoms with Gasteiger partial charge in [0, 0.05) is 24.2 Å². The summed E-state index contributed by atoms with van der Waals surface area (Å²) >= 11 is 0. The lowest BCUT2D eigenvalue weighted by Gasteiger charge is -2.41. The van der Waals surface area contributed by atoms with Gasteiger partial charge in [-0.3, -0.25) is 4.79 Å². The van der Waals surface area contributed by atoms with E-state index in [2.05, 4.69) is 4.72 Å². The van der Waals surface area contributed by atoms with Crippen molar-refractivity contribution in [3.8, 4) is 0 Å². The molecule has 0 unspecified atom stereocenters. The van der Waals surface area contributed by atoms with Crippen LogP contribution in [0.15, 0.2) is 12.1 Å². The molecule has 3 N–H and O–H groups in total. The third kappa shape index (κ3) is 4.36. The molecule has 3 aliphatic rings. The van der Waals surface area contributed by atoms with E-state index in [1.54, 1.807) is 4.90 Å². The van der Waals surface area contributed by atoms with E-state index in [4.69, 9.17) is 5.73 Å². The van der Waals surface area contributed by atoms with Crippen LogP contribution in [-0.4, -0.2) is 49.1 Å². The minimum atomic E-state index is -3.42. The summed E-state index contributed by atoms with van der Waals surface area (Å²) in [4.78, 5) is 14.4. The third-order valence-corrected chi connectivity index (χ3v) is 8.49. The van der Waals surface area contributed by atoms with Crippen molar-refractivity contribution < 1.29 is 26.4 Å². The number of fused-ring (bicyclic) bond motifs is 2. The monoisotopic (exact) mass is 445 g/mol. The van der Waals surface area contributed by atoms with Gasteiger partial charge in [-0.1, -0.05) is 0 Å². The second kappa shape index (κ2) is 8.12. The normalized spacial score (nSPS) is 27.3. The number of nitrogens with zero attached hydrogens (tertiary/aromatic N) is 1. The van der Waals surface area contributed by atoms with Crippen molar-refractivity contribution in [1.29, 1.82) is 0 Å². The first kappa shape index (κ1) is 21.6.